The number of hydrogen-bond acceptors (Lipinski definition) is 3. The lowest BCUT2D eigenvalue weighted by atomic mass is 9.87. The molecule has 7 heteroatoms. The van der Waals surface area contributed by atoms with E-state index < -0.39 is 5.92 Å². The molecule has 3 heterocycles. The van der Waals surface area contributed by atoms with Crippen LogP contribution in [0.15, 0.2) is 35.5 Å². The molecule has 5 nitrogen and oxygen atoms in total. The van der Waals surface area contributed by atoms with Gasteiger partial charge < -0.3 is 4.90 Å². The molecular formula is C20H22Cl2N4O. The largest absolute Gasteiger partial charge is 0.342 e. The van der Waals surface area contributed by atoms with Crippen molar-refractivity contribution in [2.75, 3.05) is 13.1 Å². The second-order valence-corrected chi connectivity index (χ2v) is 8.07. The van der Waals surface area contributed by atoms with Crippen molar-refractivity contribution in [1.29, 1.82) is 0 Å². The Kier molecular flexibility index (Phi) is 5.24. The molecule has 0 saturated carbocycles. The van der Waals surface area contributed by atoms with E-state index in [4.69, 9.17) is 23.2 Å². The summed E-state index contributed by atoms with van der Waals surface area (Å²) in [6.07, 6.45) is 6.05. The number of amides is 1. The summed E-state index contributed by atoms with van der Waals surface area (Å²) in [7, 11) is 0. The highest BCUT2D eigenvalue weighted by molar-refractivity contribution is 6.33. The summed E-state index contributed by atoms with van der Waals surface area (Å²) in [5.74, 6) is 0.296. The highest BCUT2D eigenvalue weighted by atomic mass is 35.5. The number of carbonyl (C=O) groups excluding carboxylic acids is 1. The van der Waals surface area contributed by atoms with E-state index in [1.807, 2.05) is 36.1 Å². The highest BCUT2D eigenvalue weighted by Crippen LogP contribution is 2.40. The molecule has 2 unspecified atom stereocenters. The van der Waals surface area contributed by atoms with Crippen molar-refractivity contribution < 1.29 is 4.79 Å². The Morgan fingerprint density at radius 3 is 2.59 bits per heavy atom. The first kappa shape index (κ1) is 18.5. The van der Waals surface area contributed by atoms with Crippen LogP contribution in [0.2, 0.25) is 10.0 Å². The topological polar surface area (TPSA) is 50.5 Å². The molecule has 2 aliphatic rings. The van der Waals surface area contributed by atoms with Gasteiger partial charge in [-0.3, -0.25) is 4.79 Å². The highest BCUT2D eigenvalue weighted by Gasteiger charge is 2.40. The molecule has 2 aromatic rings. The molecule has 0 bridgehead atoms. The Balaban J connectivity index is 1.79. The van der Waals surface area contributed by atoms with Gasteiger partial charge in [0.2, 0.25) is 5.91 Å². The minimum absolute atomic E-state index is 0.111. The molecule has 1 amide bonds. The van der Waals surface area contributed by atoms with Gasteiger partial charge >= 0.3 is 0 Å². The maximum absolute atomic E-state index is 13.5. The zero-order valence-corrected chi connectivity index (χ0v) is 16.7. The fraction of sp³-hybridized carbons (Fsp3) is 0.450. The van der Waals surface area contributed by atoms with Crippen LogP contribution >= 0.6 is 23.2 Å². The molecule has 2 atom stereocenters. The van der Waals surface area contributed by atoms with Crippen molar-refractivity contribution in [3.05, 3.63) is 46.1 Å². The van der Waals surface area contributed by atoms with E-state index in [-0.39, 0.29) is 11.9 Å². The van der Waals surface area contributed by atoms with Crippen LogP contribution in [0.5, 0.6) is 0 Å². The predicted molar refractivity (Wildman–Crippen MR) is 108 cm³/mol. The molecule has 1 aromatic carbocycles. The molecule has 4 rings (SSSR count). The molecule has 1 fully saturated rings. The predicted octanol–water partition coefficient (Wildman–Crippen LogP) is 4.90. The standard InChI is InChI=1S/C20H22Cl2N4O/c1-13-17(20(27)25-9-4-2-3-5-10-25)18(14-7-6-8-15(21)11-14)26-19(24-13)16(22)12-23-26/h6-8,11-12,17-18H,2-5,9-10H2,1H3. The van der Waals surface area contributed by atoms with Crippen LogP contribution in [-0.2, 0) is 4.79 Å². The smallest absolute Gasteiger partial charge is 0.233 e. The lowest BCUT2D eigenvalue weighted by Gasteiger charge is -2.34. The lowest BCUT2D eigenvalue weighted by molar-refractivity contribution is -0.134. The number of hydrogen-bond donors (Lipinski definition) is 0. The van der Waals surface area contributed by atoms with E-state index in [1.165, 1.54) is 12.8 Å². The number of aliphatic imine (C=N–C) groups is 1. The second kappa shape index (κ2) is 7.64. The minimum Gasteiger partial charge on any atom is -0.342 e. The fourth-order valence-corrected chi connectivity index (χ4v) is 4.45. The van der Waals surface area contributed by atoms with Crippen molar-refractivity contribution in [2.24, 2.45) is 10.9 Å². The van der Waals surface area contributed by atoms with Gasteiger partial charge in [-0.2, -0.15) is 5.10 Å². The van der Waals surface area contributed by atoms with Gasteiger partial charge in [0, 0.05) is 23.8 Å². The molecule has 0 aliphatic carbocycles. The Hall–Kier alpha value is -1.85. The van der Waals surface area contributed by atoms with Crippen LogP contribution in [0.3, 0.4) is 0 Å². The number of nitrogens with zero attached hydrogens (tertiary/aromatic N) is 4. The van der Waals surface area contributed by atoms with E-state index in [0.717, 1.165) is 37.2 Å². The summed E-state index contributed by atoms with van der Waals surface area (Å²) in [5.41, 5.74) is 1.70. The van der Waals surface area contributed by atoms with Crippen molar-refractivity contribution in [2.45, 2.75) is 38.6 Å². The molecule has 1 saturated heterocycles. The van der Waals surface area contributed by atoms with Gasteiger partial charge in [0.1, 0.15) is 10.9 Å². The van der Waals surface area contributed by atoms with Crippen molar-refractivity contribution in [3.63, 3.8) is 0 Å². The number of carbonyl (C=O) groups is 1. The van der Waals surface area contributed by atoms with Crippen LogP contribution < -0.4 is 0 Å². The Morgan fingerprint density at radius 2 is 1.89 bits per heavy atom. The zero-order valence-electron chi connectivity index (χ0n) is 15.2. The van der Waals surface area contributed by atoms with Gasteiger partial charge in [-0.25, -0.2) is 9.67 Å². The normalized spacial score (nSPS) is 22.8. The van der Waals surface area contributed by atoms with Crippen LogP contribution in [0, 0.1) is 5.92 Å². The Morgan fingerprint density at radius 1 is 1.15 bits per heavy atom. The van der Waals surface area contributed by atoms with Crippen molar-refractivity contribution in [1.82, 2.24) is 14.7 Å². The molecule has 2 aliphatic heterocycles. The van der Waals surface area contributed by atoms with E-state index >= 15 is 0 Å². The second-order valence-electron chi connectivity index (χ2n) is 7.23. The van der Waals surface area contributed by atoms with E-state index in [0.29, 0.717) is 15.9 Å². The number of rotatable bonds is 2. The van der Waals surface area contributed by atoms with E-state index in [2.05, 4.69) is 10.1 Å². The first-order valence-electron chi connectivity index (χ1n) is 9.38. The zero-order chi connectivity index (χ0) is 19.0. The van der Waals surface area contributed by atoms with Gasteiger partial charge in [0.15, 0.2) is 5.82 Å². The average Bonchev–Trinajstić information content (AvgIpc) is 2.87. The van der Waals surface area contributed by atoms with Crippen LogP contribution in [0.25, 0.3) is 0 Å². The van der Waals surface area contributed by atoms with Gasteiger partial charge in [0.05, 0.1) is 12.2 Å². The average molecular weight is 405 g/mol. The maximum atomic E-state index is 13.5. The number of fused-ring (bicyclic) bond motifs is 1. The van der Waals surface area contributed by atoms with Crippen LogP contribution in [0.4, 0.5) is 5.82 Å². The lowest BCUT2D eigenvalue weighted by Crippen LogP contribution is -2.45. The molecule has 1 aromatic heterocycles. The SMILES string of the molecule is CC1=Nc2c(Cl)cnn2C(c2cccc(Cl)c2)C1C(=O)N1CCCCCC1. The van der Waals surface area contributed by atoms with Gasteiger partial charge in [-0.15, -0.1) is 0 Å². The van der Waals surface area contributed by atoms with E-state index in [1.54, 1.807) is 10.9 Å². The fourth-order valence-electron chi connectivity index (χ4n) is 4.07. The quantitative estimate of drug-likeness (QED) is 0.713. The van der Waals surface area contributed by atoms with Crippen molar-refractivity contribution >= 4 is 40.6 Å². The third-order valence-corrected chi connectivity index (χ3v) is 5.91. The Bertz CT molecular complexity index is 884. The van der Waals surface area contributed by atoms with Crippen LogP contribution in [-0.4, -0.2) is 39.4 Å². The summed E-state index contributed by atoms with van der Waals surface area (Å²) < 4.78 is 1.77. The number of halogens is 2. The first-order valence-corrected chi connectivity index (χ1v) is 10.1. The molecule has 0 N–H and O–H groups in total. The molecule has 27 heavy (non-hydrogen) atoms. The summed E-state index contributed by atoms with van der Waals surface area (Å²) >= 11 is 12.5. The minimum atomic E-state index is -0.412. The monoisotopic (exact) mass is 404 g/mol. The summed E-state index contributed by atoms with van der Waals surface area (Å²) in [6, 6.07) is 7.30. The third kappa shape index (κ3) is 3.50. The third-order valence-electron chi connectivity index (χ3n) is 5.41. The van der Waals surface area contributed by atoms with Gasteiger partial charge in [-0.1, -0.05) is 48.2 Å². The van der Waals surface area contributed by atoms with Crippen LogP contribution in [0.1, 0.15) is 44.2 Å². The molecule has 142 valence electrons. The molecule has 0 radical (unpaired) electrons. The van der Waals surface area contributed by atoms with Gasteiger partial charge in [-0.05, 0) is 37.5 Å². The first-order chi connectivity index (χ1) is 13.1. The number of aromatic nitrogens is 2. The van der Waals surface area contributed by atoms with E-state index in [9.17, 15) is 4.79 Å². The number of benzene rings is 1. The summed E-state index contributed by atoms with van der Waals surface area (Å²) in [4.78, 5) is 20.2. The summed E-state index contributed by atoms with van der Waals surface area (Å²) in [5, 5.41) is 5.56. The number of likely N-dealkylation sites (tertiary alicyclic amines) is 1. The van der Waals surface area contributed by atoms with Gasteiger partial charge in [0.25, 0.3) is 0 Å². The van der Waals surface area contributed by atoms with Crippen molar-refractivity contribution in [3.8, 4) is 0 Å². The molecular weight excluding hydrogens is 383 g/mol. The maximum Gasteiger partial charge on any atom is 0.233 e. The Labute approximate surface area is 169 Å². The summed E-state index contributed by atoms with van der Waals surface area (Å²) in [6.45, 7) is 3.51. The molecule has 0 spiro atoms.